The Balaban J connectivity index is 1.33. The maximum Gasteiger partial charge on any atom is 0.138 e. The molecule has 3 aromatic carbocycles. The molecule has 0 saturated carbocycles. The Kier molecular flexibility index (Phi) is 5.71. The summed E-state index contributed by atoms with van der Waals surface area (Å²) in [7, 11) is 5.80. The predicted molar refractivity (Wildman–Crippen MR) is 132 cm³/mol. The highest BCUT2D eigenvalue weighted by atomic mass is 16.5. The fourth-order valence-electron chi connectivity index (χ4n) is 3.82. The maximum atomic E-state index is 5.89. The van der Waals surface area contributed by atoms with Gasteiger partial charge in [0.25, 0.3) is 0 Å². The zero-order valence-electron chi connectivity index (χ0n) is 19.1. The van der Waals surface area contributed by atoms with Crippen molar-refractivity contribution in [3.8, 4) is 34.3 Å². The average molecular weight is 442 g/mol. The van der Waals surface area contributed by atoms with E-state index >= 15 is 0 Å². The molecule has 5 rings (SSSR count). The SMILES string of the molecule is COc1ccc2nc(-c3ccc(-c4nc5ccc(OCCCN(C)C)cc5[nH]4)cc3)[nH]c2c1. The summed E-state index contributed by atoms with van der Waals surface area (Å²) in [6.45, 7) is 1.70. The van der Waals surface area contributed by atoms with Crippen molar-refractivity contribution < 1.29 is 9.47 Å². The third-order valence-electron chi connectivity index (χ3n) is 5.59. The van der Waals surface area contributed by atoms with Gasteiger partial charge in [-0.3, -0.25) is 0 Å². The molecular weight excluding hydrogens is 414 g/mol. The Bertz CT molecular complexity index is 1390. The zero-order chi connectivity index (χ0) is 22.8. The highest BCUT2D eigenvalue weighted by Crippen LogP contribution is 2.27. The summed E-state index contributed by atoms with van der Waals surface area (Å²) in [6.07, 6.45) is 0.990. The van der Waals surface area contributed by atoms with E-state index in [0.717, 1.165) is 69.3 Å². The van der Waals surface area contributed by atoms with Crippen LogP contribution in [0, 0.1) is 0 Å². The molecule has 168 valence electrons. The van der Waals surface area contributed by atoms with Crippen molar-refractivity contribution >= 4 is 22.1 Å². The first-order chi connectivity index (χ1) is 16.1. The minimum Gasteiger partial charge on any atom is -0.497 e. The first-order valence-corrected chi connectivity index (χ1v) is 11.0. The smallest absolute Gasteiger partial charge is 0.138 e. The van der Waals surface area contributed by atoms with E-state index in [1.54, 1.807) is 7.11 Å². The van der Waals surface area contributed by atoms with Gasteiger partial charge in [0.2, 0.25) is 0 Å². The van der Waals surface area contributed by atoms with Gasteiger partial charge >= 0.3 is 0 Å². The quantitative estimate of drug-likeness (QED) is 0.327. The van der Waals surface area contributed by atoms with E-state index in [1.807, 2.05) is 36.4 Å². The molecule has 0 aliphatic heterocycles. The number of methoxy groups -OCH3 is 1. The molecule has 0 spiro atoms. The Morgan fingerprint density at radius 2 is 1.30 bits per heavy atom. The highest BCUT2D eigenvalue weighted by Gasteiger charge is 2.10. The summed E-state index contributed by atoms with van der Waals surface area (Å²) < 4.78 is 11.2. The van der Waals surface area contributed by atoms with Crippen molar-refractivity contribution in [3.05, 3.63) is 60.7 Å². The lowest BCUT2D eigenvalue weighted by molar-refractivity contribution is 0.282. The van der Waals surface area contributed by atoms with Crippen LogP contribution < -0.4 is 9.47 Å². The molecule has 0 aliphatic carbocycles. The monoisotopic (exact) mass is 441 g/mol. The van der Waals surface area contributed by atoms with E-state index in [1.165, 1.54) is 0 Å². The van der Waals surface area contributed by atoms with E-state index in [-0.39, 0.29) is 0 Å². The minimum absolute atomic E-state index is 0.695. The number of aromatic nitrogens is 4. The lowest BCUT2D eigenvalue weighted by Crippen LogP contribution is -2.15. The van der Waals surface area contributed by atoms with E-state index in [0.29, 0.717) is 6.61 Å². The predicted octanol–water partition coefficient (Wildman–Crippen LogP) is 5.11. The molecular formula is C26H27N5O2. The molecule has 0 unspecified atom stereocenters. The van der Waals surface area contributed by atoms with Crippen LogP contribution in [-0.2, 0) is 0 Å². The summed E-state index contributed by atoms with van der Waals surface area (Å²) >= 11 is 0. The van der Waals surface area contributed by atoms with Crippen LogP contribution in [0.1, 0.15) is 6.42 Å². The number of H-pyrrole nitrogens is 2. The topological polar surface area (TPSA) is 79.1 Å². The van der Waals surface area contributed by atoms with E-state index in [9.17, 15) is 0 Å². The summed E-state index contributed by atoms with van der Waals surface area (Å²) in [6, 6.07) is 20.0. The van der Waals surface area contributed by atoms with E-state index in [2.05, 4.69) is 53.2 Å². The van der Waals surface area contributed by atoms with Crippen LogP contribution in [0.15, 0.2) is 60.7 Å². The lowest BCUT2D eigenvalue weighted by Gasteiger charge is -2.10. The molecule has 0 amide bonds. The summed E-state index contributed by atoms with van der Waals surface area (Å²) in [5, 5.41) is 0. The van der Waals surface area contributed by atoms with Crippen molar-refractivity contribution in [3.63, 3.8) is 0 Å². The van der Waals surface area contributed by atoms with Crippen LogP contribution in [0.3, 0.4) is 0 Å². The molecule has 2 aromatic heterocycles. The van der Waals surface area contributed by atoms with Crippen molar-refractivity contribution in [1.82, 2.24) is 24.8 Å². The van der Waals surface area contributed by atoms with Gasteiger partial charge in [0.15, 0.2) is 0 Å². The van der Waals surface area contributed by atoms with Gasteiger partial charge in [-0.2, -0.15) is 0 Å². The number of nitrogens with one attached hydrogen (secondary N) is 2. The Morgan fingerprint density at radius 3 is 1.85 bits per heavy atom. The number of hydrogen-bond acceptors (Lipinski definition) is 5. The average Bonchev–Trinajstić information content (AvgIpc) is 3.45. The molecule has 0 aliphatic rings. The second-order valence-electron chi connectivity index (χ2n) is 8.32. The van der Waals surface area contributed by atoms with Gasteiger partial charge < -0.3 is 24.3 Å². The molecule has 5 aromatic rings. The Labute approximate surface area is 192 Å². The van der Waals surface area contributed by atoms with Crippen LogP contribution in [-0.4, -0.2) is 59.2 Å². The largest absolute Gasteiger partial charge is 0.497 e. The molecule has 7 heteroatoms. The second kappa shape index (κ2) is 8.96. The molecule has 0 atom stereocenters. The molecule has 0 bridgehead atoms. The summed E-state index contributed by atoms with van der Waals surface area (Å²) in [5.41, 5.74) is 5.77. The molecule has 2 heterocycles. The van der Waals surface area contributed by atoms with E-state index in [4.69, 9.17) is 19.4 Å². The van der Waals surface area contributed by atoms with Crippen molar-refractivity contribution in [2.75, 3.05) is 34.4 Å². The third kappa shape index (κ3) is 4.54. The van der Waals surface area contributed by atoms with Crippen LogP contribution in [0.25, 0.3) is 44.8 Å². The fraction of sp³-hybridized carbons (Fsp3) is 0.231. The number of ether oxygens (including phenoxy) is 2. The first-order valence-electron chi connectivity index (χ1n) is 11.0. The van der Waals surface area contributed by atoms with Gasteiger partial charge in [0, 0.05) is 29.8 Å². The van der Waals surface area contributed by atoms with Crippen LogP contribution in [0.2, 0.25) is 0 Å². The van der Waals surface area contributed by atoms with Crippen molar-refractivity contribution in [2.45, 2.75) is 6.42 Å². The van der Waals surface area contributed by atoms with Crippen LogP contribution >= 0.6 is 0 Å². The number of benzene rings is 3. The molecule has 0 fully saturated rings. The number of hydrogen-bond donors (Lipinski definition) is 2. The number of aromatic amines is 2. The van der Waals surface area contributed by atoms with Crippen molar-refractivity contribution in [2.24, 2.45) is 0 Å². The van der Waals surface area contributed by atoms with Gasteiger partial charge in [-0.05, 0) is 44.8 Å². The maximum absolute atomic E-state index is 5.89. The number of nitrogens with zero attached hydrogens (tertiary/aromatic N) is 3. The third-order valence-corrected chi connectivity index (χ3v) is 5.59. The Morgan fingerprint density at radius 1 is 0.758 bits per heavy atom. The number of fused-ring (bicyclic) bond motifs is 2. The number of rotatable bonds is 8. The molecule has 0 saturated heterocycles. The number of imidazole rings is 2. The standard InChI is InChI=1S/C26H27N5O2/c1-31(2)13-4-14-33-20-10-12-22-24(16-20)30-26(28-22)18-7-5-17(6-8-18)25-27-21-11-9-19(32-3)15-23(21)29-25/h5-12,15-16H,4,13-14H2,1-3H3,(H,27,29)(H,28,30). The zero-order valence-corrected chi connectivity index (χ0v) is 19.1. The summed E-state index contributed by atoms with van der Waals surface area (Å²) in [5.74, 6) is 3.31. The molecule has 33 heavy (non-hydrogen) atoms. The highest BCUT2D eigenvalue weighted by molar-refractivity contribution is 5.82. The van der Waals surface area contributed by atoms with Gasteiger partial charge in [0.05, 0.1) is 35.8 Å². The van der Waals surface area contributed by atoms with Gasteiger partial charge in [0.1, 0.15) is 23.1 Å². The lowest BCUT2D eigenvalue weighted by atomic mass is 10.1. The summed E-state index contributed by atoms with van der Waals surface area (Å²) in [4.78, 5) is 18.4. The van der Waals surface area contributed by atoms with E-state index < -0.39 is 0 Å². The Hall–Kier alpha value is -3.84. The van der Waals surface area contributed by atoms with Crippen LogP contribution in [0.5, 0.6) is 11.5 Å². The van der Waals surface area contributed by atoms with Gasteiger partial charge in [-0.25, -0.2) is 9.97 Å². The molecule has 7 nitrogen and oxygen atoms in total. The minimum atomic E-state index is 0.695. The molecule has 0 radical (unpaired) electrons. The molecule has 2 N–H and O–H groups in total. The second-order valence-corrected chi connectivity index (χ2v) is 8.32. The van der Waals surface area contributed by atoms with Gasteiger partial charge in [-0.1, -0.05) is 24.3 Å². The normalized spacial score (nSPS) is 11.5. The fourth-order valence-corrected chi connectivity index (χ4v) is 3.82. The van der Waals surface area contributed by atoms with Crippen molar-refractivity contribution in [1.29, 1.82) is 0 Å². The van der Waals surface area contributed by atoms with Gasteiger partial charge in [-0.15, -0.1) is 0 Å². The van der Waals surface area contributed by atoms with Crippen LogP contribution in [0.4, 0.5) is 0 Å². The first kappa shape index (κ1) is 21.0.